The number of nitrogens with one attached hydrogen (secondary N) is 1. The molecule has 4 nitrogen and oxygen atoms in total. The average molecular weight is 358 g/mol. The van der Waals surface area contributed by atoms with Crippen LogP contribution in [0.3, 0.4) is 0 Å². The van der Waals surface area contributed by atoms with Crippen LogP contribution in [-0.2, 0) is 4.79 Å². The van der Waals surface area contributed by atoms with Crippen molar-refractivity contribution < 1.29 is 9.53 Å². The molecule has 0 fully saturated rings. The van der Waals surface area contributed by atoms with Crippen LogP contribution in [0.5, 0.6) is 5.75 Å². The Morgan fingerprint density at radius 2 is 1.82 bits per heavy atom. The standard InChI is InChI=1S/C15H11Cl3N2O2/c16-11-5-10(6-12(17)7-11)8-19-20-15(21)9-22-14-4-2-1-3-13(14)18/h1-8H,9H2,(H,20,21)/b19-8+. The molecule has 22 heavy (non-hydrogen) atoms. The summed E-state index contributed by atoms with van der Waals surface area (Å²) in [6.45, 7) is -0.197. The van der Waals surface area contributed by atoms with E-state index >= 15 is 0 Å². The molecule has 2 aromatic carbocycles. The van der Waals surface area contributed by atoms with Crippen molar-refractivity contribution in [3.63, 3.8) is 0 Å². The molecule has 0 heterocycles. The number of halogens is 3. The van der Waals surface area contributed by atoms with Crippen molar-refractivity contribution >= 4 is 46.9 Å². The highest BCUT2D eigenvalue weighted by Gasteiger charge is 2.04. The van der Waals surface area contributed by atoms with E-state index in [0.29, 0.717) is 26.4 Å². The summed E-state index contributed by atoms with van der Waals surface area (Å²) in [5.41, 5.74) is 3.01. The lowest BCUT2D eigenvalue weighted by Crippen LogP contribution is -2.24. The quantitative estimate of drug-likeness (QED) is 0.645. The number of hydrogen-bond acceptors (Lipinski definition) is 3. The van der Waals surface area contributed by atoms with Crippen LogP contribution in [-0.4, -0.2) is 18.7 Å². The number of ether oxygens (including phenoxy) is 1. The molecule has 0 atom stereocenters. The smallest absolute Gasteiger partial charge is 0.277 e. The van der Waals surface area contributed by atoms with Crippen LogP contribution in [0.15, 0.2) is 47.6 Å². The maximum atomic E-state index is 11.6. The summed E-state index contributed by atoms with van der Waals surface area (Å²) in [5.74, 6) is 0.0224. The number of rotatable bonds is 5. The number of para-hydroxylation sites is 1. The van der Waals surface area contributed by atoms with E-state index in [1.165, 1.54) is 6.21 Å². The molecule has 0 spiro atoms. The van der Waals surface area contributed by atoms with Gasteiger partial charge in [-0.15, -0.1) is 0 Å². The van der Waals surface area contributed by atoms with Gasteiger partial charge in [-0.05, 0) is 35.9 Å². The van der Waals surface area contributed by atoms with Gasteiger partial charge < -0.3 is 4.74 Å². The number of carbonyl (C=O) groups excluding carboxylic acids is 1. The van der Waals surface area contributed by atoms with E-state index in [2.05, 4.69) is 10.5 Å². The van der Waals surface area contributed by atoms with E-state index in [0.717, 1.165) is 0 Å². The molecule has 1 amide bonds. The molecule has 0 aliphatic heterocycles. The first-order valence-electron chi connectivity index (χ1n) is 6.20. The zero-order chi connectivity index (χ0) is 15.9. The highest BCUT2D eigenvalue weighted by Crippen LogP contribution is 2.22. The van der Waals surface area contributed by atoms with Crippen molar-refractivity contribution in [1.29, 1.82) is 0 Å². The first-order chi connectivity index (χ1) is 10.5. The van der Waals surface area contributed by atoms with E-state index in [-0.39, 0.29) is 6.61 Å². The molecule has 2 aromatic rings. The molecule has 0 saturated heterocycles. The topological polar surface area (TPSA) is 50.7 Å². The number of benzene rings is 2. The number of hydrogen-bond donors (Lipinski definition) is 1. The molecule has 0 unspecified atom stereocenters. The minimum absolute atomic E-state index is 0.197. The second-order valence-corrected chi connectivity index (χ2v) is 5.50. The summed E-state index contributed by atoms with van der Waals surface area (Å²) in [7, 11) is 0. The maximum absolute atomic E-state index is 11.6. The summed E-state index contributed by atoms with van der Waals surface area (Å²) in [6.07, 6.45) is 1.44. The Bertz CT molecular complexity index is 685. The summed E-state index contributed by atoms with van der Waals surface area (Å²) in [6, 6.07) is 11.8. The molecular formula is C15H11Cl3N2O2. The van der Waals surface area contributed by atoms with Crippen molar-refractivity contribution in [2.24, 2.45) is 5.10 Å². The predicted octanol–water partition coefficient (Wildman–Crippen LogP) is 4.18. The Kier molecular flexibility index (Phi) is 6.07. The molecule has 0 aliphatic carbocycles. The number of amides is 1. The van der Waals surface area contributed by atoms with Gasteiger partial charge in [0.15, 0.2) is 6.61 Å². The number of carbonyl (C=O) groups is 1. The normalized spacial score (nSPS) is 10.7. The minimum Gasteiger partial charge on any atom is -0.482 e. The van der Waals surface area contributed by atoms with Gasteiger partial charge >= 0.3 is 0 Å². The SMILES string of the molecule is O=C(COc1ccccc1Cl)N/N=C/c1cc(Cl)cc(Cl)c1. The zero-order valence-electron chi connectivity index (χ0n) is 11.2. The molecule has 1 N–H and O–H groups in total. The van der Waals surface area contributed by atoms with E-state index in [9.17, 15) is 4.79 Å². The fourth-order valence-electron chi connectivity index (χ4n) is 1.57. The monoisotopic (exact) mass is 356 g/mol. The van der Waals surface area contributed by atoms with E-state index in [1.807, 2.05) is 0 Å². The highest BCUT2D eigenvalue weighted by molar-refractivity contribution is 6.35. The van der Waals surface area contributed by atoms with Crippen molar-refractivity contribution in [3.05, 3.63) is 63.1 Å². The van der Waals surface area contributed by atoms with Crippen LogP contribution in [0.1, 0.15) is 5.56 Å². The van der Waals surface area contributed by atoms with Gasteiger partial charge in [-0.3, -0.25) is 4.79 Å². The number of nitrogens with zero attached hydrogens (tertiary/aromatic N) is 1. The van der Waals surface area contributed by atoms with Gasteiger partial charge in [-0.2, -0.15) is 5.10 Å². The van der Waals surface area contributed by atoms with Crippen LogP contribution < -0.4 is 10.2 Å². The third kappa shape index (κ3) is 5.22. The minimum atomic E-state index is -0.413. The molecule has 0 radical (unpaired) electrons. The Morgan fingerprint density at radius 3 is 2.50 bits per heavy atom. The molecule has 0 aliphatic rings. The fourth-order valence-corrected chi connectivity index (χ4v) is 2.30. The molecule has 2 rings (SSSR count). The average Bonchev–Trinajstić information content (AvgIpc) is 2.45. The molecular weight excluding hydrogens is 347 g/mol. The zero-order valence-corrected chi connectivity index (χ0v) is 13.5. The van der Waals surface area contributed by atoms with Gasteiger partial charge in [0, 0.05) is 10.0 Å². The van der Waals surface area contributed by atoms with Crippen molar-refractivity contribution in [3.8, 4) is 5.75 Å². The third-order valence-corrected chi connectivity index (χ3v) is 3.23. The largest absolute Gasteiger partial charge is 0.482 e. The summed E-state index contributed by atoms with van der Waals surface area (Å²) >= 11 is 17.6. The summed E-state index contributed by atoms with van der Waals surface area (Å²) in [4.78, 5) is 11.6. The van der Waals surface area contributed by atoms with E-state index < -0.39 is 5.91 Å². The molecule has 0 bridgehead atoms. The van der Waals surface area contributed by atoms with Crippen LogP contribution in [0.25, 0.3) is 0 Å². The number of hydrazone groups is 1. The van der Waals surface area contributed by atoms with Crippen molar-refractivity contribution in [1.82, 2.24) is 5.43 Å². The second kappa shape index (κ2) is 8.03. The Hall–Kier alpha value is -1.75. The van der Waals surface area contributed by atoms with Gasteiger partial charge in [-0.1, -0.05) is 46.9 Å². The van der Waals surface area contributed by atoms with Gasteiger partial charge in [0.1, 0.15) is 5.75 Å². The molecule has 0 aromatic heterocycles. The van der Waals surface area contributed by atoms with Gasteiger partial charge in [0.25, 0.3) is 5.91 Å². The second-order valence-electron chi connectivity index (χ2n) is 4.22. The highest BCUT2D eigenvalue weighted by atomic mass is 35.5. The van der Waals surface area contributed by atoms with Crippen LogP contribution in [0, 0.1) is 0 Å². The lowest BCUT2D eigenvalue weighted by atomic mass is 10.2. The third-order valence-electron chi connectivity index (χ3n) is 2.48. The van der Waals surface area contributed by atoms with Crippen LogP contribution in [0.2, 0.25) is 15.1 Å². The fraction of sp³-hybridized carbons (Fsp3) is 0.0667. The Morgan fingerprint density at radius 1 is 1.14 bits per heavy atom. The van der Waals surface area contributed by atoms with Gasteiger partial charge in [0.05, 0.1) is 11.2 Å². The first-order valence-corrected chi connectivity index (χ1v) is 7.33. The lowest BCUT2D eigenvalue weighted by Gasteiger charge is -2.06. The van der Waals surface area contributed by atoms with Crippen LogP contribution in [0.4, 0.5) is 0 Å². The van der Waals surface area contributed by atoms with Gasteiger partial charge in [-0.25, -0.2) is 5.43 Å². The van der Waals surface area contributed by atoms with E-state index in [4.69, 9.17) is 39.5 Å². The summed E-state index contributed by atoms with van der Waals surface area (Å²) < 4.78 is 5.28. The van der Waals surface area contributed by atoms with Crippen LogP contribution >= 0.6 is 34.8 Å². The first kappa shape index (κ1) is 16.6. The summed E-state index contributed by atoms with van der Waals surface area (Å²) in [5, 5.41) is 5.22. The Labute approximate surface area is 142 Å². The maximum Gasteiger partial charge on any atom is 0.277 e. The Balaban J connectivity index is 1.85. The molecule has 114 valence electrons. The van der Waals surface area contributed by atoms with Gasteiger partial charge in [0.2, 0.25) is 0 Å². The lowest BCUT2D eigenvalue weighted by molar-refractivity contribution is -0.123. The van der Waals surface area contributed by atoms with Crippen molar-refractivity contribution in [2.75, 3.05) is 6.61 Å². The molecule has 0 saturated carbocycles. The van der Waals surface area contributed by atoms with E-state index in [1.54, 1.807) is 42.5 Å². The molecule has 7 heteroatoms. The van der Waals surface area contributed by atoms with Crippen molar-refractivity contribution in [2.45, 2.75) is 0 Å². The predicted molar refractivity (Wildman–Crippen MR) is 89.1 cm³/mol.